The number of ether oxygens (including phenoxy) is 1. The van der Waals surface area contributed by atoms with E-state index in [1.807, 2.05) is 24.3 Å². The highest BCUT2D eigenvalue weighted by molar-refractivity contribution is 6.04. The van der Waals surface area contributed by atoms with Crippen molar-refractivity contribution in [3.63, 3.8) is 0 Å². The molecule has 1 amide bonds. The number of benzene rings is 2. The molecule has 0 bridgehead atoms. The summed E-state index contributed by atoms with van der Waals surface area (Å²) in [4.78, 5) is 21.8. The van der Waals surface area contributed by atoms with Crippen LogP contribution in [0, 0.1) is 0 Å². The summed E-state index contributed by atoms with van der Waals surface area (Å²) in [7, 11) is 0. The predicted octanol–water partition coefficient (Wildman–Crippen LogP) is 3.74. The second kappa shape index (κ2) is 14.2. The van der Waals surface area contributed by atoms with E-state index in [0.29, 0.717) is 23.6 Å². The SMILES string of the molecule is C=C(NCCc1ccccc1)N(CCCN1CCOCC1)Cc1ccc(C(=O)Nc2ccccc2N)nc1. The highest BCUT2D eigenvalue weighted by Gasteiger charge is 2.14. The van der Waals surface area contributed by atoms with Crippen molar-refractivity contribution in [1.29, 1.82) is 0 Å². The Hall–Kier alpha value is -3.88. The lowest BCUT2D eigenvalue weighted by molar-refractivity contribution is 0.0363. The van der Waals surface area contributed by atoms with Crippen LogP contribution in [-0.2, 0) is 17.7 Å². The lowest BCUT2D eigenvalue weighted by atomic mass is 10.1. The molecular formula is C30H38N6O2. The zero-order valence-corrected chi connectivity index (χ0v) is 21.9. The molecule has 1 aliphatic heterocycles. The molecule has 0 aliphatic carbocycles. The number of nitrogens with two attached hydrogens (primary N) is 1. The third-order valence-electron chi connectivity index (χ3n) is 6.61. The van der Waals surface area contributed by atoms with Gasteiger partial charge in [0.1, 0.15) is 5.69 Å². The van der Waals surface area contributed by atoms with Gasteiger partial charge in [0, 0.05) is 45.5 Å². The number of aromatic nitrogens is 1. The van der Waals surface area contributed by atoms with Gasteiger partial charge in [0.25, 0.3) is 5.91 Å². The monoisotopic (exact) mass is 514 g/mol. The molecule has 1 aromatic heterocycles. The van der Waals surface area contributed by atoms with Gasteiger partial charge < -0.3 is 26.0 Å². The molecule has 1 aliphatic rings. The molecule has 3 aromatic rings. The van der Waals surface area contributed by atoms with E-state index in [9.17, 15) is 4.79 Å². The van der Waals surface area contributed by atoms with E-state index in [1.165, 1.54) is 5.56 Å². The fraction of sp³-hybridized carbons (Fsp3) is 0.333. The van der Waals surface area contributed by atoms with Gasteiger partial charge in [-0.25, -0.2) is 0 Å². The van der Waals surface area contributed by atoms with Gasteiger partial charge in [-0.1, -0.05) is 55.1 Å². The molecule has 38 heavy (non-hydrogen) atoms. The minimum absolute atomic E-state index is 0.288. The lowest BCUT2D eigenvalue weighted by Gasteiger charge is -2.30. The third kappa shape index (κ3) is 8.33. The number of nitrogens with zero attached hydrogens (tertiary/aromatic N) is 3. The normalized spacial score (nSPS) is 13.6. The van der Waals surface area contributed by atoms with Gasteiger partial charge in [0.15, 0.2) is 0 Å². The molecule has 4 rings (SSSR count). The first-order chi connectivity index (χ1) is 18.6. The maximum absolute atomic E-state index is 12.7. The number of rotatable bonds is 13. The third-order valence-corrected chi connectivity index (χ3v) is 6.61. The van der Waals surface area contributed by atoms with Crippen LogP contribution in [0.1, 0.15) is 28.0 Å². The second-order valence-electron chi connectivity index (χ2n) is 9.43. The van der Waals surface area contributed by atoms with Crippen molar-refractivity contribution in [2.24, 2.45) is 0 Å². The Bertz CT molecular complexity index is 1160. The number of carbonyl (C=O) groups excluding carboxylic acids is 1. The van der Waals surface area contributed by atoms with E-state index >= 15 is 0 Å². The van der Waals surface area contributed by atoms with E-state index in [0.717, 1.165) is 70.2 Å². The fourth-order valence-electron chi connectivity index (χ4n) is 4.40. The second-order valence-corrected chi connectivity index (χ2v) is 9.43. The van der Waals surface area contributed by atoms with Crippen molar-refractivity contribution in [2.75, 3.05) is 57.0 Å². The molecule has 2 heterocycles. The van der Waals surface area contributed by atoms with Crippen LogP contribution in [-0.4, -0.2) is 66.6 Å². The molecule has 200 valence electrons. The van der Waals surface area contributed by atoms with Gasteiger partial charge in [-0.05, 0) is 42.2 Å². The molecule has 8 nitrogen and oxygen atoms in total. The standard InChI is InChI=1S/C30H38N6O2/c1-24(32-15-14-25-8-3-2-4-9-25)36(17-7-16-35-18-20-38-21-19-35)23-26-12-13-29(33-22-26)30(37)34-28-11-6-5-10-27(28)31/h2-6,8-13,22,32H,1,7,14-21,23,31H2,(H,34,37). The highest BCUT2D eigenvalue weighted by atomic mass is 16.5. The number of pyridine rings is 1. The number of morpholine rings is 1. The summed E-state index contributed by atoms with van der Waals surface area (Å²) in [5.41, 5.74) is 9.69. The maximum atomic E-state index is 12.7. The number of nitrogen functional groups attached to an aromatic ring is 1. The average Bonchev–Trinajstić information content (AvgIpc) is 2.95. The first-order valence-corrected chi connectivity index (χ1v) is 13.2. The van der Waals surface area contributed by atoms with Gasteiger partial charge in [-0.2, -0.15) is 0 Å². The van der Waals surface area contributed by atoms with Crippen molar-refractivity contribution in [3.8, 4) is 0 Å². The number of amides is 1. The highest BCUT2D eigenvalue weighted by Crippen LogP contribution is 2.18. The first-order valence-electron chi connectivity index (χ1n) is 13.2. The fourth-order valence-corrected chi connectivity index (χ4v) is 4.40. The van der Waals surface area contributed by atoms with Crippen molar-refractivity contribution < 1.29 is 9.53 Å². The van der Waals surface area contributed by atoms with Crippen LogP contribution >= 0.6 is 0 Å². The van der Waals surface area contributed by atoms with E-state index in [1.54, 1.807) is 24.4 Å². The Labute approximate surface area is 225 Å². The Morgan fingerprint density at radius 2 is 1.79 bits per heavy atom. The Kier molecular flexibility index (Phi) is 10.1. The Balaban J connectivity index is 1.34. The van der Waals surface area contributed by atoms with Crippen molar-refractivity contribution in [2.45, 2.75) is 19.4 Å². The largest absolute Gasteiger partial charge is 0.397 e. The summed E-state index contributed by atoms with van der Waals surface area (Å²) in [6, 6.07) is 21.3. The van der Waals surface area contributed by atoms with E-state index in [4.69, 9.17) is 10.5 Å². The molecule has 0 atom stereocenters. The molecule has 8 heteroatoms. The number of hydrogen-bond acceptors (Lipinski definition) is 7. The minimum atomic E-state index is -0.288. The van der Waals surface area contributed by atoms with Crippen molar-refractivity contribution in [3.05, 3.63) is 102 Å². The number of carbonyl (C=O) groups is 1. The van der Waals surface area contributed by atoms with Gasteiger partial charge in [0.05, 0.1) is 30.4 Å². The molecular weight excluding hydrogens is 476 g/mol. The van der Waals surface area contributed by atoms with Crippen LogP contribution in [0.5, 0.6) is 0 Å². The van der Waals surface area contributed by atoms with E-state index < -0.39 is 0 Å². The molecule has 4 N–H and O–H groups in total. The maximum Gasteiger partial charge on any atom is 0.274 e. The average molecular weight is 515 g/mol. The van der Waals surface area contributed by atoms with Crippen molar-refractivity contribution in [1.82, 2.24) is 20.1 Å². The summed E-state index contributed by atoms with van der Waals surface area (Å²) < 4.78 is 5.47. The van der Waals surface area contributed by atoms with Crippen LogP contribution in [0.3, 0.4) is 0 Å². The Morgan fingerprint density at radius 3 is 2.53 bits per heavy atom. The van der Waals surface area contributed by atoms with Gasteiger partial charge in [0.2, 0.25) is 0 Å². The summed E-state index contributed by atoms with van der Waals surface area (Å²) in [5, 5.41) is 6.33. The molecule has 1 saturated heterocycles. The number of para-hydroxylation sites is 2. The molecule has 0 unspecified atom stereocenters. The molecule has 0 saturated carbocycles. The summed E-state index contributed by atoms with van der Waals surface area (Å²) in [6.45, 7) is 11.3. The summed E-state index contributed by atoms with van der Waals surface area (Å²) in [5.74, 6) is 0.605. The van der Waals surface area contributed by atoms with Crippen LogP contribution in [0.4, 0.5) is 11.4 Å². The topological polar surface area (TPSA) is 95.8 Å². The summed E-state index contributed by atoms with van der Waals surface area (Å²) in [6.07, 6.45) is 3.71. The zero-order chi connectivity index (χ0) is 26.6. The number of anilines is 2. The predicted molar refractivity (Wildman–Crippen MR) is 153 cm³/mol. The van der Waals surface area contributed by atoms with E-state index in [-0.39, 0.29) is 5.91 Å². The molecule has 0 radical (unpaired) electrons. The number of hydrogen-bond donors (Lipinski definition) is 3. The first kappa shape index (κ1) is 27.2. The van der Waals surface area contributed by atoms with Gasteiger partial charge in [-0.15, -0.1) is 0 Å². The van der Waals surface area contributed by atoms with Crippen LogP contribution in [0.2, 0.25) is 0 Å². The van der Waals surface area contributed by atoms with Crippen LogP contribution in [0.15, 0.2) is 85.3 Å². The quantitative estimate of drug-likeness (QED) is 0.299. The van der Waals surface area contributed by atoms with Gasteiger partial charge >= 0.3 is 0 Å². The minimum Gasteiger partial charge on any atom is -0.397 e. The molecule has 0 spiro atoms. The zero-order valence-electron chi connectivity index (χ0n) is 21.9. The molecule has 2 aromatic carbocycles. The summed E-state index contributed by atoms with van der Waals surface area (Å²) >= 11 is 0. The van der Waals surface area contributed by atoms with Crippen molar-refractivity contribution >= 4 is 17.3 Å². The molecule has 1 fully saturated rings. The van der Waals surface area contributed by atoms with Gasteiger partial charge in [-0.3, -0.25) is 14.7 Å². The van der Waals surface area contributed by atoms with E-state index in [2.05, 4.69) is 56.3 Å². The van der Waals surface area contributed by atoms with Crippen LogP contribution < -0.4 is 16.4 Å². The smallest absolute Gasteiger partial charge is 0.274 e. The van der Waals surface area contributed by atoms with Crippen LogP contribution in [0.25, 0.3) is 0 Å². The lowest BCUT2D eigenvalue weighted by Crippen LogP contribution is -2.39. The number of nitrogens with one attached hydrogen (secondary N) is 2. The Morgan fingerprint density at radius 1 is 1.03 bits per heavy atom.